The third kappa shape index (κ3) is 4.93. The molecule has 0 bridgehead atoms. The zero-order chi connectivity index (χ0) is 22.0. The molecule has 0 spiro atoms. The van der Waals surface area contributed by atoms with Gasteiger partial charge in [0.1, 0.15) is 11.6 Å². The fourth-order valence-corrected chi connectivity index (χ4v) is 4.24. The van der Waals surface area contributed by atoms with E-state index in [4.69, 9.17) is 10.5 Å². The number of aromatic nitrogens is 6. The van der Waals surface area contributed by atoms with E-state index >= 15 is 0 Å². The molecule has 2 N–H and O–H groups in total. The van der Waals surface area contributed by atoms with Crippen molar-refractivity contribution in [1.29, 1.82) is 0 Å². The van der Waals surface area contributed by atoms with Gasteiger partial charge in [-0.25, -0.2) is 4.39 Å². The quantitative estimate of drug-likeness (QED) is 0.550. The minimum atomic E-state index is -0.290. The predicted molar refractivity (Wildman–Crippen MR) is 117 cm³/mol. The number of hydrogen-bond acceptors (Lipinski definition) is 9. The highest BCUT2D eigenvalue weighted by Gasteiger charge is 2.24. The molecule has 2 aromatic heterocycles. The van der Waals surface area contributed by atoms with Crippen molar-refractivity contribution in [3.05, 3.63) is 35.9 Å². The summed E-state index contributed by atoms with van der Waals surface area (Å²) in [6, 6.07) is 6.26. The van der Waals surface area contributed by atoms with Crippen molar-refractivity contribution in [2.24, 2.45) is 0 Å². The largest absolute Gasteiger partial charge is 0.376 e. The molecule has 4 rings (SSSR count). The van der Waals surface area contributed by atoms with Crippen LogP contribution in [0.25, 0.3) is 11.4 Å². The van der Waals surface area contributed by atoms with Gasteiger partial charge in [-0.2, -0.15) is 15.0 Å². The van der Waals surface area contributed by atoms with Crippen molar-refractivity contribution in [3.8, 4) is 11.4 Å². The molecule has 1 saturated heterocycles. The van der Waals surface area contributed by atoms with Gasteiger partial charge in [-0.05, 0) is 44.0 Å². The number of anilines is 2. The number of ether oxygens (including phenoxy) is 1. The summed E-state index contributed by atoms with van der Waals surface area (Å²) < 4.78 is 21.3. The van der Waals surface area contributed by atoms with E-state index in [1.807, 2.05) is 25.6 Å². The third-order valence-corrected chi connectivity index (χ3v) is 6.01. The van der Waals surface area contributed by atoms with E-state index in [0.717, 1.165) is 25.0 Å². The highest BCUT2D eigenvalue weighted by Crippen LogP contribution is 2.35. The Kier molecular flexibility index (Phi) is 6.33. The fraction of sp³-hybridized carbons (Fsp3) is 0.450. The van der Waals surface area contributed by atoms with E-state index in [2.05, 4.69) is 25.1 Å². The van der Waals surface area contributed by atoms with Crippen LogP contribution >= 0.6 is 11.8 Å². The first kappa shape index (κ1) is 21.4. The Morgan fingerprint density at radius 3 is 2.68 bits per heavy atom. The maximum atomic E-state index is 13.4. The normalized spacial score (nSPS) is 17.1. The van der Waals surface area contributed by atoms with Gasteiger partial charge in [0.05, 0.1) is 17.9 Å². The van der Waals surface area contributed by atoms with Gasteiger partial charge in [0.25, 0.3) is 0 Å². The molecule has 164 valence electrons. The Bertz CT molecular complexity index is 1040. The molecule has 3 aromatic rings. The molecule has 0 unspecified atom stereocenters. The Labute approximate surface area is 184 Å². The fourth-order valence-electron chi connectivity index (χ4n) is 3.33. The molecule has 0 radical (unpaired) electrons. The Hall–Kier alpha value is -2.79. The lowest BCUT2D eigenvalue weighted by Gasteiger charge is -2.17. The summed E-state index contributed by atoms with van der Waals surface area (Å²) in [7, 11) is 3.70. The van der Waals surface area contributed by atoms with Crippen molar-refractivity contribution in [1.82, 2.24) is 29.7 Å². The summed E-state index contributed by atoms with van der Waals surface area (Å²) in [6.07, 6.45) is 2.12. The van der Waals surface area contributed by atoms with Gasteiger partial charge >= 0.3 is 0 Å². The SMILES string of the molecule is C[C@H](Sc1nnc(-c2ccc(F)cc2)n1C[C@@H]1CCCO1)c1nc(N)nc(N(C)C)n1. The molecule has 31 heavy (non-hydrogen) atoms. The highest BCUT2D eigenvalue weighted by atomic mass is 32.2. The molecule has 0 aliphatic carbocycles. The number of nitrogen functional groups attached to an aromatic ring is 1. The average Bonchev–Trinajstić information content (AvgIpc) is 3.39. The van der Waals surface area contributed by atoms with Gasteiger partial charge in [-0.1, -0.05) is 11.8 Å². The topological polar surface area (TPSA) is 108 Å². The van der Waals surface area contributed by atoms with Crippen LogP contribution in [0.3, 0.4) is 0 Å². The van der Waals surface area contributed by atoms with Crippen LogP contribution in [-0.2, 0) is 11.3 Å². The van der Waals surface area contributed by atoms with Crippen LogP contribution in [0.15, 0.2) is 29.4 Å². The summed E-state index contributed by atoms with van der Waals surface area (Å²) in [5, 5.41) is 9.39. The summed E-state index contributed by atoms with van der Waals surface area (Å²) in [5.74, 6) is 1.63. The van der Waals surface area contributed by atoms with E-state index in [1.165, 1.54) is 23.9 Å². The lowest BCUT2D eigenvalue weighted by atomic mass is 10.2. The molecule has 1 aliphatic rings. The van der Waals surface area contributed by atoms with Gasteiger partial charge in [-0.3, -0.25) is 4.57 Å². The van der Waals surface area contributed by atoms with Gasteiger partial charge in [-0.15, -0.1) is 10.2 Å². The molecule has 1 aliphatic heterocycles. The zero-order valence-corrected chi connectivity index (χ0v) is 18.5. The van der Waals surface area contributed by atoms with Crippen LogP contribution in [0.5, 0.6) is 0 Å². The summed E-state index contributed by atoms with van der Waals surface area (Å²) >= 11 is 1.49. The van der Waals surface area contributed by atoms with E-state index in [0.29, 0.717) is 29.3 Å². The molecular formula is C20H25FN8OS. The first-order valence-corrected chi connectivity index (χ1v) is 10.9. The van der Waals surface area contributed by atoms with Crippen LogP contribution in [0.1, 0.15) is 30.8 Å². The second-order valence-corrected chi connectivity index (χ2v) is 8.87. The van der Waals surface area contributed by atoms with Gasteiger partial charge < -0.3 is 15.4 Å². The third-order valence-electron chi connectivity index (χ3n) is 4.93. The molecule has 1 fully saturated rings. The minimum Gasteiger partial charge on any atom is -0.376 e. The second-order valence-electron chi connectivity index (χ2n) is 7.57. The standard InChI is InChI=1S/C20H25FN8OS/c1-12(16-23-18(22)25-19(24-16)28(2)3)31-20-27-26-17(13-6-8-14(21)9-7-13)29(20)11-15-5-4-10-30-15/h6-9,12,15H,4-5,10-11H2,1-3H3,(H2,22,23,24,25)/t12-,15-/m0/s1. The van der Waals surface area contributed by atoms with Crippen molar-refractivity contribution >= 4 is 23.7 Å². The first-order valence-electron chi connectivity index (χ1n) is 10.1. The molecular weight excluding hydrogens is 419 g/mol. The van der Waals surface area contributed by atoms with Crippen molar-refractivity contribution in [3.63, 3.8) is 0 Å². The second kappa shape index (κ2) is 9.15. The number of rotatable bonds is 7. The van der Waals surface area contributed by atoms with E-state index in [9.17, 15) is 4.39 Å². The maximum absolute atomic E-state index is 13.4. The monoisotopic (exact) mass is 444 g/mol. The number of benzene rings is 1. The smallest absolute Gasteiger partial charge is 0.229 e. The Morgan fingerprint density at radius 2 is 2.00 bits per heavy atom. The lowest BCUT2D eigenvalue weighted by Crippen LogP contribution is -2.18. The molecule has 9 nitrogen and oxygen atoms in total. The number of hydrogen-bond donors (Lipinski definition) is 1. The minimum absolute atomic E-state index is 0.0954. The number of thioether (sulfide) groups is 1. The van der Waals surface area contributed by atoms with Crippen LogP contribution in [0, 0.1) is 5.82 Å². The Morgan fingerprint density at radius 1 is 1.23 bits per heavy atom. The molecule has 3 heterocycles. The zero-order valence-electron chi connectivity index (χ0n) is 17.7. The summed E-state index contributed by atoms with van der Waals surface area (Å²) in [6.45, 7) is 3.37. The summed E-state index contributed by atoms with van der Waals surface area (Å²) in [5.41, 5.74) is 6.68. The van der Waals surface area contributed by atoms with E-state index in [-0.39, 0.29) is 23.1 Å². The van der Waals surface area contributed by atoms with Crippen molar-refractivity contribution in [2.75, 3.05) is 31.3 Å². The number of nitrogens with zero attached hydrogens (tertiary/aromatic N) is 7. The van der Waals surface area contributed by atoms with Gasteiger partial charge in [0.15, 0.2) is 11.0 Å². The van der Waals surface area contributed by atoms with Crippen LogP contribution < -0.4 is 10.6 Å². The molecule has 0 amide bonds. The van der Waals surface area contributed by atoms with E-state index in [1.54, 1.807) is 17.0 Å². The highest BCUT2D eigenvalue weighted by molar-refractivity contribution is 7.99. The Balaban J connectivity index is 1.65. The number of nitrogens with two attached hydrogens (primary N) is 1. The van der Waals surface area contributed by atoms with Crippen LogP contribution in [0.2, 0.25) is 0 Å². The average molecular weight is 445 g/mol. The predicted octanol–water partition coefficient (Wildman–Crippen LogP) is 2.95. The molecule has 11 heteroatoms. The molecule has 2 atom stereocenters. The lowest BCUT2D eigenvalue weighted by molar-refractivity contribution is 0.0953. The number of halogens is 1. The molecule has 0 saturated carbocycles. The van der Waals surface area contributed by atoms with Gasteiger partial charge in [0.2, 0.25) is 11.9 Å². The summed E-state index contributed by atoms with van der Waals surface area (Å²) in [4.78, 5) is 14.8. The van der Waals surface area contributed by atoms with Gasteiger partial charge in [0, 0.05) is 26.3 Å². The maximum Gasteiger partial charge on any atom is 0.229 e. The van der Waals surface area contributed by atoms with Crippen LogP contribution in [0.4, 0.5) is 16.3 Å². The molecule has 1 aromatic carbocycles. The van der Waals surface area contributed by atoms with Crippen LogP contribution in [-0.4, -0.2) is 56.5 Å². The van der Waals surface area contributed by atoms with E-state index < -0.39 is 0 Å². The van der Waals surface area contributed by atoms with Crippen molar-refractivity contribution < 1.29 is 9.13 Å². The van der Waals surface area contributed by atoms with Crippen molar-refractivity contribution in [2.45, 2.75) is 42.8 Å². The first-order chi connectivity index (χ1) is 14.9.